The lowest BCUT2D eigenvalue weighted by Crippen LogP contribution is -2.39. The number of carbonyl (C=O) groups excluding carboxylic acids is 2. The van der Waals surface area contributed by atoms with Crippen molar-refractivity contribution >= 4 is 41.1 Å². The van der Waals surface area contributed by atoms with Gasteiger partial charge in [0.25, 0.3) is 5.56 Å². The standard InChI is InChI=1S/C30H26N2O6S2/c1-5-37-29(35)25-17(2)31-30-32(26(25)18-9-12-22(39-4)13-10-18)27(33)24(40-30)16-21-11-14-23(38-21)19-7-6-8-20(15-19)28(34)36-3/h6-16,26H,5H2,1-4H3/b24-16-. The van der Waals surface area contributed by atoms with E-state index in [0.717, 1.165) is 10.5 Å². The first-order chi connectivity index (χ1) is 19.3. The number of fused-ring (bicyclic) bond motifs is 1. The molecular weight excluding hydrogens is 548 g/mol. The van der Waals surface area contributed by atoms with Crippen LogP contribution < -0.4 is 14.9 Å². The first-order valence-electron chi connectivity index (χ1n) is 12.5. The van der Waals surface area contributed by atoms with Crippen molar-refractivity contribution in [1.82, 2.24) is 4.57 Å². The summed E-state index contributed by atoms with van der Waals surface area (Å²) in [5.74, 6) is 0.0645. The zero-order chi connectivity index (χ0) is 28.4. The molecule has 10 heteroatoms. The number of furan rings is 1. The number of hydrogen-bond acceptors (Lipinski definition) is 9. The van der Waals surface area contributed by atoms with Crippen molar-refractivity contribution in [2.24, 2.45) is 4.99 Å². The number of rotatable bonds is 7. The van der Waals surface area contributed by atoms with E-state index >= 15 is 0 Å². The first kappa shape index (κ1) is 27.4. The summed E-state index contributed by atoms with van der Waals surface area (Å²) in [6.07, 6.45) is 3.65. The molecule has 204 valence electrons. The van der Waals surface area contributed by atoms with E-state index in [2.05, 4.69) is 4.99 Å². The fourth-order valence-corrected chi connectivity index (χ4v) is 5.96. The SMILES string of the molecule is CCOC(=O)C1=C(C)N=c2s/c(=C\c3ccc(-c4cccc(C(=O)OC)c4)o3)c(=O)n2C1c1ccc(SC)cc1. The molecule has 0 fully saturated rings. The molecule has 2 aromatic carbocycles. The fourth-order valence-electron chi connectivity index (χ4n) is 4.53. The average molecular weight is 575 g/mol. The van der Waals surface area contributed by atoms with Gasteiger partial charge in [0.2, 0.25) is 0 Å². The van der Waals surface area contributed by atoms with Gasteiger partial charge in [-0.3, -0.25) is 9.36 Å². The van der Waals surface area contributed by atoms with Crippen LogP contribution >= 0.6 is 23.1 Å². The van der Waals surface area contributed by atoms with Gasteiger partial charge < -0.3 is 13.9 Å². The molecular formula is C30H26N2O6S2. The normalized spacial score (nSPS) is 15.0. The van der Waals surface area contributed by atoms with Crippen molar-refractivity contribution in [2.45, 2.75) is 24.8 Å². The third-order valence-electron chi connectivity index (χ3n) is 6.42. The second-order valence-corrected chi connectivity index (χ2v) is 10.7. The minimum absolute atomic E-state index is 0.210. The van der Waals surface area contributed by atoms with Crippen molar-refractivity contribution in [3.63, 3.8) is 0 Å². The van der Waals surface area contributed by atoms with E-state index in [1.165, 1.54) is 18.4 Å². The first-order valence-corrected chi connectivity index (χ1v) is 14.5. The number of thiazole rings is 1. The summed E-state index contributed by atoms with van der Waals surface area (Å²) in [7, 11) is 1.33. The number of nitrogens with zero attached hydrogens (tertiary/aromatic N) is 2. The molecule has 1 aliphatic heterocycles. The van der Waals surface area contributed by atoms with Crippen molar-refractivity contribution < 1.29 is 23.5 Å². The summed E-state index contributed by atoms with van der Waals surface area (Å²) in [5.41, 5.74) is 2.45. The number of ether oxygens (including phenoxy) is 2. The lowest BCUT2D eigenvalue weighted by Gasteiger charge is -2.24. The highest BCUT2D eigenvalue weighted by Gasteiger charge is 2.33. The molecule has 0 bridgehead atoms. The van der Waals surface area contributed by atoms with E-state index in [9.17, 15) is 14.4 Å². The summed E-state index contributed by atoms with van der Waals surface area (Å²) >= 11 is 2.84. The molecule has 0 amide bonds. The lowest BCUT2D eigenvalue weighted by molar-refractivity contribution is -0.139. The molecule has 0 radical (unpaired) electrons. The van der Waals surface area contributed by atoms with Crippen LogP contribution in [0.25, 0.3) is 17.4 Å². The van der Waals surface area contributed by atoms with Gasteiger partial charge in [0.05, 0.1) is 41.1 Å². The van der Waals surface area contributed by atoms with Gasteiger partial charge in [-0.05, 0) is 62.1 Å². The Bertz CT molecular complexity index is 1810. The van der Waals surface area contributed by atoms with Crippen LogP contribution in [-0.4, -0.2) is 36.5 Å². The van der Waals surface area contributed by atoms with E-state index in [0.29, 0.717) is 43.3 Å². The minimum atomic E-state index is -0.679. The smallest absolute Gasteiger partial charge is 0.338 e. The maximum atomic E-state index is 13.8. The van der Waals surface area contributed by atoms with Crippen molar-refractivity contribution in [2.75, 3.05) is 20.0 Å². The Morgan fingerprint density at radius 3 is 2.60 bits per heavy atom. The van der Waals surface area contributed by atoms with Gasteiger partial charge in [-0.15, -0.1) is 11.8 Å². The van der Waals surface area contributed by atoms with Crippen LogP contribution in [0.1, 0.15) is 41.6 Å². The van der Waals surface area contributed by atoms with E-state index in [1.807, 2.05) is 36.6 Å². The van der Waals surface area contributed by atoms with Crippen LogP contribution in [0.2, 0.25) is 0 Å². The highest BCUT2D eigenvalue weighted by atomic mass is 32.2. The second-order valence-electron chi connectivity index (χ2n) is 8.85. The molecule has 1 unspecified atom stereocenters. The molecule has 40 heavy (non-hydrogen) atoms. The topological polar surface area (TPSA) is 100 Å². The highest BCUT2D eigenvalue weighted by molar-refractivity contribution is 7.98. The van der Waals surface area contributed by atoms with Crippen LogP contribution in [0.5, 0.6) is 0 Å². The third-order valence-corrected chi connectivity index (χ3v) is 8.14. The second kappa shape index (κ2) is 11.5. The number of benzene rings is 2. The van der Waals surface area contributed by atoms with E-state index in [4.69, 9.17) is 13.9 Å². The zero-order valence-electron chi connectivity index (χ0n) is 22.3. The quantitative estimate of drug-likeness (QED) is 0.236. The van der Waals surface area contributed by atoms with Crippen LogP contribution in [-0.2, 0) is 14.3 Å². The number of hydrogen-bond donors (Lipinski definition) is 0. The molecule has 0 N–H and O–H groups in total. The molecule has 0 saturated heterocycles. The van der Waals surface area contributed by atoms with Gasteiger partial charge >= 0.3 is 11.9 Å². The molecule has 0 saturated carbocycles. The largest absolute Gasteiger partial charge is 0.465 e. The number of aromatic nitrogens is 1. The third kappa shape index (κ3) is 5.20. The van der Waals surface area contributed by atoms with Crippen molar-refractivity contribution in [1.29, 1.82) is 0 Å². The Labute approximate surface area is 238 Å². The van der Waals surface area contributed by atoms with Crippen LogP contribution in [0.15, 0.2) is 91.0 Å². The maximum absolute atomic E-state index is 13.8. The molecule has 8 nitrogen and oxygen atoms in total. The van der Waals surface area contributed by atoms with Gasteiger partial charge in [-0.25, -0.2) is 14.6 Å². The average Bonchev–Trinajstić information content (AvgIpc) is 3.56. The highest BCUT2D eigenvalue weighted by Crippen LogP contribution is 2.32. The van der Waals surface area contributed by atoms with Gasteiger partial charge in [-0.2, -0.15) is 0 Å². The monoisotopic (exact) mass is 574 g/mol. The molecule has 5 rings (SSSR count). The van der Waals surface area contributed by atoms with Gasteiger partial charge in [-0.1, -0.05) is 35.6 Å². The molecule has 3 heterocycles. The summed E-state index contributed by atoms with van der Waals surface area (Å²) in [6, 6.07) is 17.6. The van der Waals surface area contributed by atoms with Crippen LogP contribution in [0.4, 0.5) is 0 Å². The van der Waals surface area contributed by atoms with E-state index in [1.54, 1.807) is 66.6 Å². The Morgan fingerprint density at radius 2 is 1.90 bits per heavy atom. The van der Waals surface area contributed by atoms with Gasteiger partial charge in [0, 0.05) is 16.5 Å². The summed E-state index contributed by atoms with van der Waals surface area (Å²) < 4.78 is 18.1. The predicted octanol–water partition coefficient (Wildman–Crippen LogP) is 4.57. The molecule has 1 atom stereocenters. The predicted molar refractivity (Wildman–Crippen MR) is 154 cm³/mol. The number of carbonyl (C=O) groups is 2. The number of allylic oxidation sites excluding steroid dienone is 1. The number of esters is 2. The molecule has 4 aromatic rings. The Morgan fingerprint density at radius 1 is 1.12 bits per heavy atom. The number of thioether (sulfide) groups is 1. The van der Waals surface area contributed by atoms with Gasteiger partial charge in [0.1, 0.15) is 11.5 Å². The molecule has 2 aromatic heterocycles. The zero-order valence-corrected chi connectivity index (χ0v) is 23.9. The van der Waals surface area contributed by atoms with Crippen LogP contribution in [0, 0.1) is 0 Å². The fraction of sp³-hybridized carbons (Fsp3) is 0.200. The Hall–Kier alpha value is -4.15. The summed E-state index contributed by atoms with van der Waals surface area (Å²) in [6.45, 7) is 3.71. The summed E-state index contributed by atoms with van der Waals surface area (Å²) in [4.78, 5) is 44.9. The maximum Gasteiger partial charge on any atom is 0.338 e. The number of methoxy groups -OCH3 is 1. The Kier molecular flexibility index (Phi) is 7.90. The van der Waals surface area contributed by atoms with Crippen molar-refractivity contribution in [3.05, 3.63) is 109 Å². The lowest BCUT2D eigenvalue weighted by atomic mass is 9.96. The van der Waals surface area contributed by atoms with E-state index < -0.39 is 18.0 Å². The molecule has 0 spiro atoms. The molecule has 0 aliphatic carbocycles. The minimum Gasteiger partial charge on any atom is -0.465 e. The van der Waals surface area contributed by atoms with Crippen LogP contribution in [0.3, 0.4) is 0 Å². The Balaban J connectivity index is 1.59. The summed E-state index contributed by atoms with van der Waals surface area (Å²) in [5, 5.41) is 0. The van der Waals surface area contributed by atoms with E-state index in [-0.39, 0.29) is 12.2 Å². The molecule has 1 aliphatic rings. The van der Waals surface area contributed by atoms with Gasteiger partial charge in [0.15, 0.2) is 4.80 Å². The van der Waals surface area contributed by atoms with Crippen molar-refractivity contribution in [3.8, 4) is 11.3 Å².